The van der Waals surface area contributed by atoms with E-state index in [1.165, 1.54) is 12.3 Å². The molecule has 0 aliphatic heterocycles. The summed E-state index contributed by atoms with van der Waals surface area (Å²) in [5, 5.41) is 14.1. The van der Waals surface area contributed by atoms with E-state index in [1.807, 2.05) is 0 Å². The summed E-state index contributed by atoms with van der Waals surface area (Å²) in [5.74, 6) is 0.199. The number of aromatic nitrogens is 1. The van der Waals surface area contributed by atoms with Crippen molar-refractivity contribution in [3.8, 4) is 0 Å². The van der Waals surface area contributed by atoms with E-state index in [2.05, 4.69) is 47.0 Å². The highest BCUT2D eigenvalue weighted by Gasteiger charge is 2.21. The highest BCUT2D eigenvalue weighted by molar-refractivity contribution is 9.10. The van der Waals surface area contributed by atoms with Crippen molar-refractivity contribution in [1.29, 1.82) is 0 Å². The van der Waals surface area contributed by atoms with Gasteiger partial charge >= 0.3 is 0 Å². The van der Waals surface area contributed by atoms with Crippen LogP contribution < -0.4 is 5.32 Å². The first-order chi connectivity index (χ1) is 8.51. The molecule has 0 fully saturated rings. The molecule has 18 heavy (non-hydrogen) atoms. The van der Waals surface area contributed by atoms with Crippen LogP contribution in [0, 0.1) is 10.1 Å². The molecule has 1 N–H and O–H groups in total. The van der Waals surface area contributed by atoms with Crippen LogP contribution in [0.5, 0.6) is 0 Å². The molecule has 2 unspecified atom stereocenters. The van der Waals surface area contributed by atoms with Crippen LogP contribution in [0.4, 0.5) is 5.69 Å². The molecular weight excluding hydrogens is 298 g/mol. The van der Waals surface area contributed by atoms with Crippen LogP contribution in [0.2, 0.25) is 0 Å². The molecule has 5 nitrogen and oxygen atoms in total. The van der Waals surface area contributed by atoms with E-state index >= 15 is 0 Å². The minimum atomic E-state index is -0.437. The number of pyridine rings is 1. The minimum absolute atomic E-state index is 0.00863. The second-order valence-corrected chi connectivity index (χ2v) is 5.03. The van der Waals surface area contributed by atoms with Gasteiger partial charge in [-0.2, -0.15) is 0 Å². The van der Waals surface area contributed by atoms with Crippen LogP contribution in [0.15, 0.2) is 16.7 Å². The van der Waals surface area contributed by atoms with E-state index < -0.39 is 4.92 Å². The van der Waals surface area contributed by atoms with Gasteiger partial charge in [0.2, 0.25) is 0 Å². The Morgan fingerprint density at radius 3 is 2.67 bits per heavy atom. The molecule has 1 aromatic heterocycles. The third-order valence-electron chi connectivity index (χ3n) is 3.01. The average molecular weight is 316 g/mol. The van der Waals surface area contributed by atoms with E-state index in [9.17, 15) is 10.1 Å². The summed E-state index contributed by atoms with van der Waals surface area (Å²) in [6, 6.07) is 1.83. The SMILES string of the molecule is CCNC(CC)C(C)c1ncc([N+](=O)[O-])cc1Br. The Balaban J connectivity index is 2.98. The Kier molecular flexibility index (Phi) is 5.68. The van der Waals surface area contributed by atoms with Gasteiger partial charge in [0.15, 0.2) is 0 Å². The smallest absolute Gasteiger partial charge is 0.288 e. The Labute approximate surface area is 115 Å². The van der Waals surface area contributed by atoms with Gasteiger partial charge in [0.05, 0.1) is 10.6 Å². The van der Waals surface area contributed by atoms with Crippen LogP contribution in [-0.2, 0) is 0 Å². The molecule has 6 heteroatoms. The Morgan fingerprint density at radius 2 is 2.22 bits per heavy atom. The highest BCUT2D eigenvalue weighted by atomic mass is 79.9. The molecule has 0 aliphatic carbocycles. The number of nitrogens with zero attached hydrogens (tertiary/aromatic N) is 2. The van der Waals surface area contributed by atoms with Crippen molar-refractivity contribution in [2.75, 3.05) is 6.54 Å². The molecule has 0 aliphatic rings. The third-order valence-corrected chi connectivity index (χ3v) is 3.64. The standard InChI is InChI=1S/C12H18BrN3O2/c1-4-11(14-5-2)8(3)12-10(13)6-9(7-15-12)16(17)18/h6-8,11,14H,4-5H2,1-3H3. The highest BCUT2D eigenvalue weighted by Crippen LogP contribution is 2.29. The van der Waals surface area contributed by atoms with Gasteiger partial charge in [-0.05, 0) is 28.9 Å². The Bertz CT molecular complexity index is 426. The summed E-state index contributed by atoms with van der Waals surface area (Å²) >= 11 is 3.37. The lowest BCUT2D eigenvalue weighted by molar-refractivity contribution is -0.385. The minimum Gasteiger partial charge on any atom is -0.314 e. The maximum Gasteiger partial charge on any atom is 0.288 e. The van der Waals surface area contributed by atoms with Gasteiger partial charge in [0, 0.05) is 22.5 Å². The molecule has 0 spiro atoms. The van der Waals surface area contributed by atoms with Crippen molar-refractivity contribution < 1.29 is 4.92 Å². The molecule has 1 rings (SSSR count). The van der Waals surface area contributed by atoms with Gasteiger partial charge in [-0.25, -0.2) is 0 Å². The molecule has 0 bridgehead atoms. The number of halogens is 1. The van der Waals surface area contributed by atoms with E-state index in [-0.39, 0.29) is 11.6 Å². The van der Waals surface area contributed by atoms with Gasteiger partial charge in [-0.15, -0.1) is 0 Å². The van der Waals surface area contributed by atoms with Gasteiger partial charge in [0.1, 0.15) is 6.20 Å². The van der Waals surface area contributed by atoms with Crippen molar-refractivity contribution in [3.63, 3.8) is 0 Å². The molecule has 0 amide bonds. The van der Waals surface area contributed by atoms with E-state index in [0.717, 1.165) is 18.7 Å². The van der Waals surface area contributed by atoms with Crippen LogP contribution in [0.3, 0.4) is 0 Å². The van der Waals surface area contributed by atoms with Crippen LogP contribution in [0.1, 0.15) is 38.8 Å². The quantitative estimate of drug-likeness (QED) is 0.646. The summed E-state index contributed by atoms with van der Waals surface area (Å²) < 4.78 is 0.695. The van der Waals surface area contributed by atoms with Crippen molar-refractivity contribution in [1.82, 2.24) is 10.3 Å². The van der Waals surface area contributed by atoms with E-state index in [1.54, 1.807) is 0 Å². The zero-order valence-corrected chi connectivity index (χ0v) is 12.4. The summed E-state index contributed by atoms with van der Waals surface area (Å²) in [7, 11) is 0. The number of nitrogens with one attached hydrogen (secondary N) is 1. The first kappa shape index (κ1) is 15.0. The lowest BCUT2D eigenvalue weighted by atomic mass is 9.95. The summed E-state index contributed by atoms with van der Waals surface area (Å²) in [6.07, 6.45) is 2.30. The molecule has 2 atom stereocenters. The lowest BCUT2D eigenvalue weighted by Gasteiger charge is -2.23. The molecule has 0 saturated heterocycles. The van der Waals surface area contributed by atoms with Crippen molar-refractivity contribution in [2.45, 2.75) is 39.2 Å². The molecule has 100 valence electrons. The Morgan fingerprint density at radius 1 is 1.56 bits per heavy atom. The summed E-state index contributed by atoms with van der Waals surface area (Å²) in [5.41, 5.74) is 0.864. The number of likely N-dealkylation sites (N-methyl/N-ethyl adjacent to an activating group) is 1. The Hall–Kier alpha value is -1.01. The van der Waals surface area contributed by atoms with Crippen molar-refractivity contribution >= 4 is 21.6 Å². The van der Waals surface area contributed by atoms with Gasteiger partial charge in [0.25, 0.3) is 5.69 Å². The van der Waals surface area contributed by atoms with Gasteiger partial charge < -0.3 is 5.32 Å². The fourth-order valence-corrected chi connectivity index (χ4v) is 2.70. The molecule has 0 aromatic carbocycles. The zero-order valence-electron chi connectivity index (χ0n) is 10.8. The second-order valence-electron chi connectivity index (χ2n) is 4.18. The van der Waals surface area contributed by atoms with Crippen LogP contribution in [0.25, 0.3) is 0 Å². The van der Waals surface area contributed by atoms with Gasteiger partial charge in [-0.1, -0.05) is 20.8 Å². The van der Waals surface area contributed by atoms with Crippen LogP contribution >= 0.6 is 15.9 Å². The first-order valence-electron chi connectivity index (χ1n) is 6.04. The first-order valence-corrected chi connectivity index (χ1v) is 6.83. The van der Waals surface area contributed by atoms with Crippen molar-refractivity contribution in [3.05, 3.63) is 32.5 Å². The molecule has 1 heterocycles. The number of rotatable bonds is 6. The number of nitro groups is 1. The number of hydrogen-bond donors (Lipinski definition) is 1. The molecule has 1 aromatic rings. The second kappa shape index (κ2) is 6.80. The fourth-order valence-electron chi connectivity index (χ4n) is 2.00. The predicted octanol–water partition coefficient (Wildman–Crippen LogP) is 3.24. The number of hydrogen-bond acceptors (Lipinski definition) is 4. The monoisotopic (exact) mass is 315 g/mol. The lowest BCUT2D eigenvalue weighted by Crippen LogP contribution is -2.33. The van der Waals surface area contributed by atoms with Crippen LogP contribution in [-0.4, -0.2) is 22.5 Å². The fraction of sp³-hybridized carbons (Fsp3) is 0.583. The topological polar surface area (TPSA) is 68.1 Å². The molecule has 0 saturated carbocycles. The molecule has 0 radical (unpaired) electrons. The normalized spacial score (nSPS) is 14.2. The maximum absolute atomic E-state index is 10.7. The largest absolute Gasteiger partial charge is 0.314 e. The average Bonchev–Trinajstić information content (AvgIpc) is 2.34. The maximum atomic E-state index is 10.7. The predicted molar refractivity (Wildman–Crippen MR) is 74.8 cm³/mol. The van der Waals surface area contributed by atoms with E-state index in [0.29, 0.717) is 10.5 Å². The van der Waals surface area contributed by atoms with E-state index in [4.69, 9.17) is 0 Å². The molecular formula is C12H18BrN3O2. The summed E-state index contributed by atoms with van der Waals surface area (Å²) in [4.78, 5) is 14.4. The van der Waals surface area contributed by atoms with Gasteiger partial charge in [-0.3, -0.25) is 15.1 Å². The third kappa shape index (κ3) is 3.49. The summed E-state index contributed by atoms with van der Waals surface area (Å²) in [6.45, 7) is 7.15. The zero-order chi connectivity index (χ0) is 13.7. The van der Waals surface area contributed by atoms with Crippen molar-refractivity contribution in [2.24, 2.45) is 0 Å².